The van der Waals surface area contributed by atoms with Crippen LogP contribution in [0.15, 0.2) is 59.7 Å². The molecule has 0 radical (unpaired) electrons. The highest BCUT2D eigenvalue weighted by molar-refractivity contribution is 5.86. The number of hydrogen-bond donors (Lipinski definition) is 0. The molecule has 25 heavy (non-hydrogen) atoms. The summed E-state index contributed by atoms with van der Waals surface area (Å²) >= 11 is 0. The molecule has 0 spiro atoms. The molecule has 1 amide bonds. The Kier molecular flexibility index (Phi) is 5.90. The maximum Gasteiger partial charge on any atom is 0.246 e. The van der Waals surface area contributed by atoms with Crippen LogP contribution >= 0.6 is 0 Å². The van der Waals surface area contributed by atoms with E-state index in [1.807, 2.05) is 36.4 Å². The molecular weight excluding hydrogens is 318 g/mol. The van der Waals surface area contributed by atoms with Crippen LogP contribution in [0.1, 0.15) is 24.2 Å². The van der Waals surface area contributed by atoms with Gasteiger partial charge in [0.1, 0.15) is 18.1 Å². The zero-order valence-corrected chi connectivity index (χ0v) is 14.2. The Morgan fingerprint density at radius 3 is 2.76 bits per heavy atom. The summed E-state index contributed by atoms with van der Waals surface area (Å²) in [6.45, 7) is 5.88. The first-order chi connectivity index (χ1) is 12.2. The largest absolute Gasteiger partial charge is 0.491 e. The minimum Gasteiger partial charge on any atom is -0.491 e. The molecule has 1 aromatic carbocycles. The summed E-state index contributed by atoms with van der Waals surface area (Å²) in [7, 11) is 0. The number of nitrogens with zero attached hydrogens (tertiary/aromatic N) is 1. The van der Waals surface area contributed by atoms with Crippen LogP contribution in [-0.2, 0) is 22.6 Å². The molecular formula is C20H23NO4. The quantitative estimate of drug-likeness (QED) is 0.689. The first kappa shape index (κ1) is 17.3. The molecule has 0 aliphatic carbocycles. The van der Waals surface area contributed by atoms with Crippen LogP contribution in [-0.4, -0.2) is 30.1 Å². The summed E-state index contributed by atoms with van der Waals surface area (Å²) in [6, 6.07) is 11.5. The molecule has 1 unspecified atom stereocenters. The van der Waals surface area contributed by atoms with Crippen molar-refractivity contribution in [2.24, 2.45) is 0 Å². The Morgan fingerprint density at radius 2 is 2.12 bits per heavy atom. The maximum absolute atomic E-state index is 12.1. The lowest BCUT2D eigenvalue weighted by atomic mass is 10.2. The number of hydrogen-bond acceptors (Lipinski definition) is 4. The van der Waals surface area contributed by atoms with Crippen LogP contribution < -0.4 is 4.74 Å². The van der Waals surface area contributed by atoms with E-state index in [0.29, 0.717) is 19.7 Å². The van der Waals surface area contributed by atoms with Gasteiger partial charge < -0.3 is 18.8 Å². The summed E-state index contributed by atoms with van der Waals surface area (Å²) in [5.74, 6) is 1.42. The highest BCUT2D eigenvalue weighted by Gasteiger charge is 2.16. The predicted molar refractivity (Wildman–Crippen MR) is 94.1 cm³/mol. The van der Waals surface area contributed by atoms with Gasteiger partial charge in [-0.3, -0.25) is 4.79 Å². The molecule has 5 heteroatoms. The molecule has 1 atom stereocenters. The molecule has 1 fully saturated rings. The van der Waals surface area contributed by atoms with E-state index < -0.39 is 0 Å². The Bertz CT molecular complexity index is 672. The van der Waals surface area contributed by atoms with Gasteiger partial charge in [-0.2, -0.15) is 0 Å². The third-order valence-corrected chi connectivity index (χ3v) is 4.17. The van der Waals surface area contributed by atoms with Crippen molar-refractivity contribution < 1.29 is 18.7 Å². The molecule has 132 valence electrons. The maximum atomic E-state index is 12.1. The molecule has 0 saturated carbocycles. The number of carbonyl (C=O) groups excluding carboxylic acids is 1. The number of amides is 1. The zero-order chi connectivity index (χ0) is 17.5. The topological polar surface area (TPSA) is 51.9 Å². The first-order valence-electron chi connectivity index (χ1n) is 8.51. The average Bonchev–Trinajstić information content (AvgIpc) is 3.33. The molecule has 1 aliphatic rings. The minimum absolute atomic E-state index is 0.130. The van der Waals surface area contributed by atoms with E-state index in [0.717, 1.165) is 36.5 Å². The fraction of sp³-hybridized carbons (Fsp3) is 0.350. The van der Waals surface area contributed by atoms with Gasteiger partial charge in [0, 0.05) is 13.2 Å². The van der Waals surface area contributed by atoms with E-state index in [1.165, 1.54) is 6.08 Å². The fourth-order valence-electron chi connectivity index (χ4n) is 2.81. The second-order valence-corrected chi connectivity index (χ2v) is 6.07. The second kappa shape index (κ2) is 8.53. The van der Waals surface area contributed by atoms with Crippen LogP contribution in [0.25, 0.3) is 0 Å². The van der Waals surface area contributed by atoms with Gasteiger partial charge in [-0.1, -0.05) is 18.7 Å². The first-order valence-corrected chi connectivity index (χ1v) is 8.51. The Labute approximate surface area is 147 Å². The van der Waals surface area contributed by atoms with E-state index in [2.05, 4.69) is 6.58 Å². The van der Waals surface area contributed by atoms with Gasteiger partial charge in [-0.05, 0) is 48.7 Å². The summed E-state index contributed by atoms with van der Waals surface area (Å²) in [5, 5.41) is 0. The van der Waals surface area contributed by atoms with Crippen LogP contribution in [0.3, 0.4) is 0 Å². The van der Waals surface area contributed by atoms with Crippen molar-refractivity contribution in [1.82, 2.24) is 4.90 Å². The van der Waals surface area contributed by atoms with Crippen molar-refractivity contribution in [2.45, 2.75) is 32.0 Å². The van der Waals surface area contributed by atoms with Gasteiger partial charge in [-0.15, -0.1) is 0 Å². The van der Waals surface area contributed by atoms with Gasteiger partial charge in [0.2, 0.25) is 5.91 Å². The normalized spacial score (nSPS) is 16.6. The minimum atomic E-state index is -0.130. The van der Waals surface area contributed by atoms with Crippen molar-refractivity contribution in [3.63, 3.8) is 0 Å². The van der Waals surface area contributed by atoms with Crippen molar-refractivity contribution in [3.05, 3.63) is 66.6 Å². The molecule has 3 rings (SSSR count). The lowest BCUT2D eigenvalue weighted by Gasteiger charge is -2.20. The van der Waals surface area contributed by atoms with Gasteiger partial charge in [0.25, 0.3) is 0 Å². The lowest BCUT2D eigenvalue weighted by molar-refractivity contribution is -0.127. The van der Waals surface area contributed by atoms with Gasteiger partial charge in [0.15, 0.2) is 0 Å². The zero-order valence-electron chi connectivity index (χ0n) is 14.2. The Hall–Kier alpha value is -2.53. The molecule has 1 saturated heterocycles. The standard InChI is InChI=1S/C20H23NO4/c1-2-20(22)21(14-18-5-3-11-23-18)13-16-7-9-17(10-8-16)25-15-19-6-4-12-24-19/h2-3,5,7-11,19H,1,4,6,12-15H2. The van der Waals surface area contributed by atoms with Crippen molar-refractivity contribution in [1.29, 1.82) is 0 Å². The van der Waals surface area contributed by atoms with E-state index in [1.54, 1.807) is 11.2 Å². The van der Waals surface area contributed by atoms with Crippen LogP contribution in [0.5, 0.6) is 5.75 Å². The average molecular weight is 341 g/mol. The van der Waals surface area contributed by atoms with Crippen molar-refractivity contribution in [2.75, 3.05) is 13.2 Å². The number of ether oxygens (including phenoxy) is 2. The van der Waals surface area contributed by atoms with E-state index >= 15 is 0 Å². The molecule has 5 nitrogen and oxygen atoms in total. The summed E-state index contributed by atoms with van der Waals surface area (Å²) in [4.78, 5) is 13.8. The third kappa shape index (κ3) is 4.97. The second-order valence-electron chi connectivity index (χ2n) is 6.07. The molecule has 0 N–H and O–H groups in total. The molecule has 0 bridgehead atoms. The van der Waals surface area contributed by atoms with Gasteiger partial charge in [-0.25, -0.2) is 0 Å². The van der Waals surface area contributed by atoms with E-state index in [9.17, 15) is 4.79 Å². The Balaban J connectivity index is 1.57. The smallest absolute Gasteiger partial charge is 0.246 e. The SMILES string of the molecule is C=CC(=O)N(Cc1ccc(OCC2CCCO2)cc1)Cc1ccco1. The fourth-order valence-corrected chi connectivity index (χ4v) is 2.81. The van der Waals surface area contributed by atoms with Crippen LogP contribution in [0, 0.1) is 0 Å². The highest BCUT2D eigenvalue weighted by Crippen LogP contribution is 2.18. The third-order valence-electron chi connectivity index (χ3n) is 4.17. The van der Waals surface area contributed by atoms with Crippen molar-refractivity contribution >= 4 is 5.91 Å². The molecule has 2 heterocycles. The number of rotatable bonds is 8. The molecule has 1 aliphatic heterocycles. The summed E-state index contributed by atoms with van der Waals surface area (Å²) in [5.41, 5.74) is 1.02. The van der Waals surface area contributed by atoms with Crippen LogP contribution in [0.2, 0.25) is 0 Å². The summed E-state index contributed by atoms with van der Waals surface area (Å²) in [6.07, 6.45) is 5.29. The Morgan fingerprint density at radius 1 is 1.28 bits per heavy atom. The van der Waals surface area contributed by atoms with Gasteiger partial charge in [0.05, 0.1) is 18.9 Å². The van der Waals surface area contributed by atoms with Crippen LogP contribution in [0.4, 0.5) is 0 Å². The number of furan rings is 1. The number of carbonyl (C=O) groups is 1. The van der Waals surface area contributed by atoms with E-state index in [4.69, 9.17) is 13.9 Å². The molecule has 2 aromatic rings. The van der Waals surface area contributed by atoms with E-state index in [-0.39, 0.29) is 12.0 Å². The van der Waals surface area contributed by atoms with Crippen molar-refractivity contribution in [3.8, 4) is 5.75 Å². The van der Waals surface area contributed by atoms with Gasteiger partial charge >= 0.3 is 0 Å². The summed E-state index contributed by atoms with van der Waals surface area (Å²) < 4.78 is 16.7. The molecule has 1 aromatic heterocycles. The highest BCUT2D eigenvalue weighted by atomic mass is 16.5. The monoisotopic (exact) mass is 341 g/mol. The lowest BCUT2D eigenvalue weighted by Crippen LogP contribution is -2.28. The predicted octanol–water partition coefficient (Wildman–Crippen LogP) is 3.55. The number of benzene rings is 1.